The number of likely N-dealkylation sites (N-methyl/N-ethyl adjacent to an activating group) is 1. The predicted octanol–water partition coefficient (Wildman–Crippen LogP) is 8.65. The van der Waals surface area contributed by atoms with Crippen molar-refractivity contribution in [3.05, 3.63) is 125 Å². The van der Waals surface area contributed by atoms with Crippen LogP contribution in [0.2, 0.25) is 5.04 Å². The molecule has 0 spiro atoms. The normalized spacial score (nSPS) is 16.0. The maximum atomic E-state index is 14.4. The topological polar surface area (TPSA) is 38.8 Å². The Balaban J connectivity index is 2.13. The van der Waals surface area contributed by atoms with E-state index in [0.717, 1.165) is 53.8 Å². The number of nitrogens with zero attached hydrogens (tertiary/aromatic N) is 1. The first-order valence-electron chi connectivity index (χ1n) is 16.5. The summed E-state index contributed by atoms with van der Waals surface area (Å²) in [7, 11) is 0.436. The number of carbonyl (C=O) groups excluding carboxylic acids is 1. The van der Waals surface area contributed by atoms with Crippen molar-refractivity contribution >= 4 is 30.2 Å². The fraction of sp³-hybridized carbons (Fsp3) is 0.375. The van der Waals surface area contributed by atoms with Crippen molar-refractivity contribution in [3.8, 4) is 0 Å². The smallest absolute Gasteiger partial charge is 0.330 e. The van der Waals surface area contributed by atoms with Crippen molar-refractivity contribution in [2.75, 3.05) is 14.2 Å². The van der Waals surface area contributed by atoms with Gasteiger partial charge in [0.15, 0.2) is 0 Å². The number of carbonyl (C=O) groups is 1. The minimum atomic E-state index is -3.06. The Labute approximate surface area is 276 Å². The molecule has 0 aliphatic carbocycles. The summed E-state index contributed by atoms with van der Waals surface area (Å²) in [6.45, 7) is 13.4. The molecule has 0 bridgehead atoms. The minimum Gasteiger partial charge on any atom is -0.532 e. The van der Waals surface area contributed by atoms with Gasteiger partial charge in [-0.3, -0.25) is 0 Å². The maximum absolute atomic E-state index is 14.4. The predicted molar refractivity (Wildman–Crippen MR) is 191 cm³/mol. The van der Waals surface area contributed by atoms with Gasteiger partial charge in [0.1, 0.15) is 11.6 Å². The molecule has 1 aliphatic heterocycles. The van der Waals surface area contributed by atoms with Crippen LogP contribution in [0, 0.1) is 11.7 Å². The van der Waals surface area contributed by atoms with Gasteiger partial charge in [-0.05, 0) is 57.4 Å². The molecule has 1 unspecified atom stereocenters. The minimum absolute atomic E-state index is 0.0832. The van der Waals surface area contributed by atoms with Gasteiger partial charge >= 0.3 is 14.3 Å². The van der Waals surface area contributed by atoms with E-state index >= 15 is 0 Å². The van der Waals surface area contributed by atoms with Crippen molar-refractivity contribution in [2.24, 2.45) is 5.92 Å². The van der Waals surface area contributed by atoms with Gasteiger partial charge in [0.05, 0.1) is 18.8 Å². The standard InChI is InChI=1S/C40H50FNO3Si/c1-9-10-13-22-34-35(27-28-36(43)44-8)42(7)38(29(2)3)39(37(34)30-23-25-31(41)26-24-30)45-46(40(4,5)6,32-18-14-11-15-19-32)33-20-16-12-17-21-33/h11-12,14-21,23-29,35H,9-10,13,22H2,1-8H3. The summed E-state index contributed by atoms with van der Waals surface area (Å²) in [6.07, 6.45) is 7.41. The van der Waals surface area contributed by atoms with E-state index < -0.39 is 14.3 Å². The first-order chi connectivity index (χ1) is 22.0. The molecule has 4 rings (SSSR count). The van der Waals surface area contributed by atoms with Crippen LogP contribution in [0.15, 0.2) is 114 Å². The fourth-order valence-electron chi connectivity index (χ4n) is 6.80. The molecule has 3 aromatic rings. The van der Waals surface area contributed by atoms with Crippen LogP contribution in [-0.4, -0.2) is 39.4 Å². The largest absolute Gasteiger partial charge is 0.532 e. The number of unbranched alkanes of at least 4 members (excludes halogenated alkanes) is 2. The van der Waals surface area contributed by atoms with Gasteiger partial charge in [-0.1, -0.05) is 133 Å². The Hall–Kier alpha value is -3.90. The number of allylic oxidation sites excluding steroid dienone is 2. The molecule has 1 heterocycles. The zero-order chi connectivity index (χ0) is 33.5. The first kappa shape index (κ1) is 35.0. The van der Waals surface area contributed by atoms with Crippen LogP contribution < -0.4 is 10.4 Å². The Kier molecular flexibility index (Phi) is 11.5. The van der Waals surface area contributed by atoms with Crippen LogP contribution in [-0.2, 0) is 14.0 Å². The van der Waals surface area contributed by atoms with Gasteiger partial charge < -0.3 is 14.1 Å². The molecule has 1 atom stereocenters. The van der Waals surface area contributed by atoms with Crippen molar-refractivity contribution < 1.29 is 18.3 Å². The van der Waals surface area contributed by atoms with Gasteiger partial charge in [0, 0.05) is 18.7 Å². The quantitative estimate of drug-likeness (QED) is 0.0861. The molecule has 0 radical (unpaired) electrons. The number of hydrogen-bond donors (Lipinski definition) is 0. The Bertz CT molecular complexity index is 1510. The highest BCUT2D eigenvalue weighted by Crippen LogP contribution is 2.47. The molecule has 0 fully saturated rings. The average Bonchev–Trinajstić information content (AvgIpc) is 3.03. The summed E-state index contributed by atoms with van der Waals surface area (Å²) in [5, 5.41) is 2.11. The molecule has 1 aliphatic rings. The lowest BCUT2D eigenvalue weighted by Gasteiger charge is -2.48. The van der Waals surface area contributed by atoms with E-state index in [1.165, 1.54) is 35.7 Å². The zero-order valence-corrected chi connectivity index (χ0v) is 29.8. The number of rotatable bonds is 12. The molecular formula is C40H50FNO3Si. The molecule has 0 saturated heterocycles. The van der Waals surface area contributed by atoms with Crippen molar-refractivity contribution in [1.82, 2.24) is 4.90 Å². The summed E-state index contributed by atoms with van der Waals surface area (Å²) < 4.78 is 27.3. The summed E-state index contributed by atoms with van der Waals surface area (Å²) in [4.78, 5) is 14.7. The van der Waals surface area contributed by atoms with E-state index in [1.54, 1.807) is 0 Å². The molecule has 6 heteroatoms. The molecular weight excluding hydrogens is 590 g/mol. The number of methoxy groups -OCH3 is 1. The van der Waals surface area contributed by atoms with Crippen LogP contribution in [0.3, 0.4) is 0 Å². The van der Waals surface area contributed by atoms with Crippen molar-refractivity contribution in [1.29, 1.82) is 0 Å². The highest BCUT2D eigenvalue weighted by molar-refractivity contribution is 6.99. The number of benzene rings is 3. The Morgan fingerprint density at radius 1 is 0.935 bits per heavy atom. The highest BCUT2D eigenvalue weighted by atomic mass is 28.4. The second-order valence-electron chi connectivity index (χ2n) is 13.4. The lowest BCUT2D eigenvalue weighted by molar-refractivity contribution is -0.134. The van der Waals surface area contributed by atoms with Crippen molar-refractivity contribution in [3.63, 3.8) is 0 Å². The van der Waals surface area contributed by atoms with Crippen LogP contribution in [0.5, 0.6) is 0 Å². The maximum Gasteiger partial charge on any atom is 0.330 e. The lowest BCUT2D eigenvalue weighted by atomic mass is 9.83. The van der Waals surface area contributed by atoms with E-state index in [4.69, 9.17) is 9.16 Å². The third kappa shape index (κ3) is 7.23. The molecule has 0 N–H and O–H groups in total. The Morgan fingerprint density at radius 3 is 1.98 bits per heavy atom. The van der Waals surface area contributed by atoms with E-state index in [-0.39, 0.29) is 22.8 Å². The number of esters is 1. The monoisotopic (exact) mass is 639 g/mol. The summed E-state index contributed by atoms with van der Waals surface area (Å²) in [5.41, 5.74) is 4.10. The molecule has 0 saturated carbocycles. The second kappa shape index (κ2) is 15.1. The van der Waals surface area contributed by atoms with E-state index in [0.29, 0.717) is 0 Å². The van der Waals surface area contributed by atoms with Crippen LogP contribution in [0.4, 0.5) is 4.39 Å². The van der Waals surface area contributed by atoms with Gasteiger partial charge in [0.25, 0.3) is 0 Å². The summed E-state index contributed by atoms with van der Waals surface area (Å²) in [6, 6.07) is 27.9. The molecule has 3 aromatic carbocycles. The van der Waals surface area contributed by atoms with Gasteiger partial charge in [-0.15, -0.1) is 0 Å². The molecule has 244 valence electrons. The van der Waals surface area contributed by atoms with Gasteiger partial charge in [-0.2, -0.15) is 0 Å². The van der Waals surface area contributed by atoms with Gasteiger partial charge in [0.2, 0.25) is 0 Å². The SMILES string of the molecule is CCCCCC1=C(c2ccc(F)cc2)C(O[Si](c2ccccc2)(c2ccccc2)C(C)(C)C)=C(C(C)C)N(C)C1C=CC(=O)OC. The number of ether oxygens (including phenoxy) is 1. The third-order valence-electron chi connectivity index (χ3n) is 8.95. The van der Waals surface area contributed by atoms with Crippen LogP contribution in [0.25, 0.3) is 5.57 Å². The van der Waals surface area contributed by atoms with Gasteiger partial charge in [-0.25, -0.2) is 9.18 Å². The summed E-state index contributed by atoms with van der Waals surface area (Å²) in [5.74, 6) is 0.246. The van der Waals surface area contributed by atoms with E-state index in [9.17, 15) is 9.18 Å². The number of halogens is 1. The molecule has 46 heavy (non-hydrogen) atoms. The number of hydrogen-bond acceptors (Lipinski definition) is 4. The third-order valence-corrected chi connectivity index (χ3v) is 13.9. The second-order valence-corrected chi connectivity index (χ2v) is 17.7. The van der Waals surface area contributed by atoms with Crippen LogP contribution >= 0.6 is 0 Å². The lowest BCUT2D eigenvalue weighted by Crippen LogP contribution is -2.66. The molecule has 4 nitrogen and oxygen atoms in total. The summed E-state index contributed by atoms with van der Waals surface area (Å²) >= 11 is 0. The molecule has 0 amide bonds. The first-order valence-corrected chi connectivity index (χ1v) is 18.4. The molecule has 0 aromatic heterocycles. The van der Waals surface area contributed by atoms with Crippen LogP contribution in [0.1, 0.15) is 72.8 Å². The Morgan fingerprint density at radius 2 is 1.50 bits per heavy atom. The average molecular weight is 640 g/mol. The van der Waals surface area contributed by atoms with Crippen molar-refractivity contribution in [2.45, 2.75) is 78.3 Å². The van der Waals surface area contributed by atoms with E-state index in [2.05, 4.69) is 114 Å². The zero-order valence-electron chi connectivity index (χ0n) is 28.8. The van der Waals surface area contributed by atoms with E-state index in [1.807, 2.05) is 18.2 Å². The fourth-order valence-corrected chi connectivity index (χ4v) is 11.2. The highest BCUT2D eigenvalue weighted by Gasteiger charge is 2.53.